The number of anilines is 1. The summed E-state index contributed by atoms with van der Waals surface area (Å²) in [7, 11) is 0. The Kier molecular flexibility index (Phi) is 6.55. The van der Waals surface area contributed by atoms with E-state index in [9.17, 15) is 4.79 Å². The number of benzene rings is 2. The van der Waals surface area contributed by atoms with E-state index in [1.807, 2.05) is 37.3 Å². The second-order valence-electron chi connectivity index (χ2n) is 4.64. The van der Waals surface area contributed by atoms with E-state index in [1.165, 1.54) is 0 Å². The van der Waals surface area contributed by atoms with E-state index >= 15 is 0 Å². The summed E-state index contributed by atoms with van der Waals surface area (Å²) in [5.41, 5.74) is 9.86. The Balaban J connectivity index is 0.00000220. The number of aryl methyl sites for hydroxylation is 1. The Morgan fingerprint density at radius 2 is 1.81 bits per heavy atom. The maximum Gasteiger partial charge on any atom is 0.307 e. The molecule has 1 radical (unpaired) electrons. The molecule has 103 valence electrons. The molecule has 3 N–H and O–H groups in total. The Labute approximate surface area is 151 Å². The summed E-state index contributed by atoms with van der Waals surface area (Å²) in [5, 5.41) is 8.88. The van der Waals surface area contributed by atoms with Gasteiger partial charge in [0.15, 0.2) is 0 Å². The van der Waals surface area contributed by atoms with Gasteiger partial charge in [-0.25, -0.2) is 0 Å². The molecule has 21 heavy (non-hydrogen) atoms. The largest absolute Gasteiger partial charge is 0.481 e. The molecule has 0 fully saturated rings. The van der Waals surface area contributed by atoms with Gasteiger partial charge in [-0.1, -0.05) is 60.2 Å². The molecule has 0 heterocycles. The second kappa shape index (κ2) is 7.71. The van der Waals surface area contributed by atoms with Crippen LogP contribution in [0.5, 0.6) is 0 Å². The van der Waals surface area contributed by atoms with Crippen LogP contribution in [0.3, 0.4) is 0 Å². The molecule has 0 aliphatic heterocycles. The number of hydrogen-bond donors (Lipinski definition) is 2. The first-order chi connectivity index (χ1) is 9.49. The van der Waals surface area contributed by atoms with E-state index in [1.54, 1.807) is 12.1 Å². The van der Waals surface area contributed by atoms with Crippen molar-refractivity contribution < 1.29 is 9.90 Å². The number of thiocarbonyl (C=S) groups is 1. The number of carbonyl (C=O) groups is 1. The summed E-state index contributed by atoms with van der Waals surface area (Å²) in [5.74, 6) is -0.907. The second-order valence-corrected chi connectivity index (χ2v) is 5.05. The maximum atomic E-state index is 10.8. The number of carboxylic acids is 1. The monoisotopic (exact) mass is 308 g/mol. The van der Waals surface area contributed by atoms with Crippen molar-refractivity contribution in [3.63, 3.8) is 0 Å². The van der Waals surface area contributed by atoms with Gasteiger partial charge in [-0.05, 0) is 18.1 Å². The van der Waals surface area contributed by atoms with E-state index in [2.05, 4.69) is 0 Å². The zero-order valence-corrected chi connectivity index (χ0v) is 14.9. The summed E-state index contributed by atoms with van der Waals surface area (Å²) < 4.78 is 0. The van der Waals surface area contributed by atoms with Crippen molar-refractivity contribution in [1.29, 1.82) is 0 Å². The minimum Gasteiger partial charge on any atom is -0.481 e. The van der Waals surface area contributed by atoms with Crippen LogP contribution in [0.2, 0.25) is 0 Å². The van der Waals surface area contributed by atoms with Gasteiger partial charge in [0.05, 0.1) is 11.3 Å². The van der Waals surface area contributed by atoms with E-state index in [4.69, 9.17) is 23.1 Å². The van der Waals surface area contributed by atoms with Gasteiger partial charge in [-0.2, -0.15) is 0 Å². The molecule has 0 aliphatic carbocycles. The van der Waals surface area contributed by atoms with E-state index in [0.29, 0.717) is 21.7 Å². The number of para-hydroxylation sites is 1. The van der Waals surface area contributed by atoms with E-state index < -0.39 is 5.97 Å². The van der Waals surface area contributed by atoms with Crippen molar-refractivity contribution in [3.05, 3.63) is 64.7 Å². The van der Waals surface area contributed by atoms with Gasteiger partial charge in [-0.3, -0.25) is 4.79 Å². The van der Waals surface area contributed by atoms with Gasteiger partial charge in [-0.15, -0.1) is 0 Å². The fraction of sp³-hybridized carbons (Fsp3) is 0.125. The quantitative estimate of drug-likeness (QED) is 0.394. The van der Waals surface area contributed by atoms with Crippen LogP contribution in [-0.4, -0.2) is 45.5 Å². The van der Waals surface area contributed by atoms with Gasteiger partial charge in [0, 0.05) is 40.8 Å². The molecule has 3 nitrogen and oxygen atoms in total. The number of rotatable bonds is 4. The number of nitrogen functional groups attached to an aromatic ring is 1. The van der Waals surface area contributed by atoms with Crippen LogP contribution in [0.1, 0.15) is 22.3 Å². The summed E-state index contributed by atoms with van der Waals surface area (Å²) in [6.07, 6.45) is -0.101. The van der Waals surface area contributed by atoms with Crippen LogP contribution in [0.25, 0.3) is 0 Å². The summed E-state index contributed by atoms with van der Waals surface area (Å²) in [6, 6.07) is 13.2. The van der Waals surface area contributed by atoms with Crippen molar-refractivity contribution in [1.82, 2.24) is 0 Å². The Hall–Kier alpha value is -1.20. The third kappa shape index (κ3) is 4.38. The van der Waals surface area contributed by atoms with Crippen molar-refractivity contribution in [2.24, 2.45) is 0 Å². The van der Waals surface area contributed by atoms with Crippen LogP contribution in [-0.2, 0) is 11.2 Å². The van der Waals surface area contributed by atoms with Gasteiger partial charge in [0.1, 0.15) is 0 Å². The van der Waals surface area contributed by atoms with Crippen LogP contribution < -0.4 is 5.73 Å². The van der Waals surface area contributed by atoms with Crippen molar-refractivity contribution in [2.45, 2.75) is 13.3 Å². The number of nitrogens with two attached hydrogens (primary N) is 1. The number of aliphatic carboxylic acids is 1. The molecular weight excluding hydrogens is 293 g/mol. The summed E-state index contributed by atoms with van der Waals surface area (Å²) >= 11 is 5.46. The molecule has 0 bridgehead atoms. The predicted molar refractivity (Wildman–Crippen MR) is 89.9 cm³/mol. The minimum absolute atomic E-state index is 0. The van der Waals surface area contributed by atoms with E-state index in [0.717, 1.165) is 11.1 Å². The summed E-state index contributed by atoms with van der Waals surface area (Å²) in [4.78, 5) is 11.5. The average Bonchev–Trinajstić information content (AvgIpc) is 2.41. The van der Waals surface area contributed by atoms with Crippen LogP contribution >= 0.6 is 12.2 Å². The molecule has 0 atom stereocenters. The molecule has 0 saturated carbocycles. The Morgan fingerprint density at radius 1 is 1.19 bits per heavy atom. The van der Waals surface area contributed by atoms with E-state index in [-0.39, 0.29) is 36.0 Å². The molecule has 0 amide bonds. The molecule has 0 unspecified atom stereocenters. The van der Waals surface area contributed by atoms with Gasteiger partial charge >= 0.3 is 5.97 Å². The first kappa shape index (κ1) is 17.9. The number of carboxylic acid groups (broad SMARTS) is 1. The molecule has 0 saturated heterocycles. The van der Waals surface area contributed by atoms with Gasteiger partial charge in [0.25, 0.3) is 0 Å². The standard InChI is InChI=1S/C16H15NO2S.Na/c1-10-5-7-11(8-6-10)16(20)13-4-2-3-12(15(13)17)9-14(18)19;/h2-8H,9,17H2,1H3,(H,18,19);. The molecule has 2 aromatic carbocycles. The molecular formula is C16H15NNaO2S. The molecule has 2 aromatic rings. The molecule has 0 spiro atoms. The molecule has 0 aliphatic rings. The average molecular weight is 308 g/mol. The maximum absolute atomic E-state index is 10.8. The Morgan fingerprint density at radius 3 is 2.38 bits per heavy atom. The fourth-order valence-corrected chi connectivity index (χ4v) is 2.30. The topological polar surface area (TPSA) is 63.3 Å². The first-order valence-electron chi connectivity index (χ1n) is 6.19. The van der Waals surface area contributed by atoms with Crippen LogP contribution in [0.4, 0.5) is 5.69 Å². The molecule has 0 aromatic heterocycles. The zero-order chi connectivity index (χ0) is 14.7. The normalized spacial score (nSPS) is 9.76. The smallest absolute Gasteiger partial charge is 0.307 e. The van der Waals surface area contributed by atoms with Crippen molar-refractivity contribution >= 4 is 58.3 Å². The fourth-order valence-electron chi connectivity index (χ4n) is 1.99. The van der Waals surface area contributed by atoms with Gasteiger partial charge < -0.3 is 10.8 Å². The first-order valence-corrected chi connectivity index (χ1v) is 6.60. The molecule has 5 heteroatoms. The Bertz CT molecular complexity index is 668. The van der Waals surface area contributed by atoms with Crippen molar-refractivity contribution in [2.75, 3.05) is 5.73 Å². The number of hydrogen-bond acceptors (Lipinski definition) is 3. The van der Waals surface area contributed by atoms with Crippen molar-refractivity contribution in [3.8, 4) is 0 Å². The molecule has 2 rings (SSSR count). The SMILES string of the molecule is Cc1ccc(C(=S)c2cccc(CC(=O)O)c2N)cc1.[Na]. The minimum atomic E-state index is -0.907. The van der Waals surface area contributed by atoms with Gasteiger partial charge in [0.2, 0.25) is 0 Å². The van der Waals surface area contributed by atoms with Crippen LogP contribution in [0.15, 0.2) is 42.5 Å². The van der Waals surface area contributed by atoms with Crippen LogP contribution in [0, 0.1) is 6.92 Å². The predicted octanol–water partition coefficient (Wildman–Crippen LogP) is 2.59. The zero-order valence-electron chi connectivity index (χ0n) is 12.1. The third-order valence-electron chi connectivity index (χ3n) is 3.10. The third-order valence-corrected chi connectivity index (χ3v) is 3.55. The summed E-state index contributed by atoms with van der Waals surface area (Å²) in [6.45, 7) is 2.01.